The van der Waals surface area contributed by atoms with E-state index in [0.29, 0.717) is 20.1 Å². The molecule has 0 radical (unpaired) electrons. The predicted octanol–water partition coefficient (Wildman–Crippen LogP) is 3.18. The molecule has 5 nitrogen and oxygen atoms in total. The molecule has 1 aliphatic heterocycles. The van der Waals surface area contributed by atoms with Crippen LogP contribution in [0.4, 0.5) is 5.69 Å². The van der Waals surface area contributed by atoms with Gasteiger partial charge < -0.3 is 0 Å². The summed E-state index contributed by atoms with van der Waals surface area (Å²) in [6.07, 6.45) is 0. The summed E-state index contributed by atoms with van der Waals surface area (Å²) in [5.74, 6) is -0.116. The molecule has 0 bridgehead atoms. The van der Waals surface area contributed by atoms with Crippen LogP contribution in [-0.2, 0) is 4.79 Å². The van der Waals surface area contributed by atoms with E-state index in [9.17, 15) is 9.59 Å². The molecule has 8 heteroatoms. The Balaban J connectivity index is 1.78. The van der Waals surface area contributed by atoms with Gasteiger partial charge in [-0.15, -0.1) is 16.4 Å². The summed E-state index contributed by atoms with van der Waals surface area (Å²) in [6.45, 7) is 0. The van der Waals surface area contributed by atoms with E-state index >= 15 is 0 Å². The third-order valence-electron chi connectivity index (χ3n) is 2.83. The quantitative estimate of drug-likeness (QED) is 0.864. The number of hydrogen-bond donors (Lipinski definition) is 1. The number of carbonyl (C=O) groups excluding carboxylic acids is 2. The van der Waals surface area contributed by atoms with Crippen LogP contribution in [0.15, 0.2) is 47.6 Å². The number of amides is 2. The van der Waals surface area contributed by atoms with Gasteiger partial charge in [0.15, 0.2) is 5.17 Å². The molecule has 0 saturated carbocycles. The smallest absolute Gasteiger partial charge is 0.273 e. The Morgan fingerprint density at radius 2 is 2.00 bits per heavy atom. The minimum Gasteiger partial charge on any atom is -0.273 e. The number of amidine groups is 1. The maximum atomic E-state index is 12.0. The normalized spacial score (nSPS) is 16.3. The topological polar surface area (TPSA) is 61.8 Å². The number of thioether (sulfide) groups is 1. The van der Waals surface area contributed by atoms with E-state index < -0.39 is 0 Å². The molecular weight excluding hydrogens is 342 g/mol. The van der Waals surface area contributed by atoms with E-state index in [1.54, 1.807) is 12.1 Å². The zero-order chi connectivity index (χ0) is 15.5. The van der Waals surface area contributed by atoms with E-state index in [4.69, 9.17) is 11.6 Å². The van der Waals surface area contributed by atoms with Crippen LogP contribution in [0.3, 0.4) is 0 Å². The average Bonchev–Trinajstić information content (AvgIpc) is 3.12. The van der Waals surface area contributed by atoms with Crippen molar-refractivity contribution >= 4 is 57.4 Å². The lowest BCUT2D eigenvalue weighted by Crippen LogP contribution is -2.31. The summed E-state index contributed by atoms with van der Waals surface area (Å²) >= 11 is 8.26. The van der Waals surface area contributed by atoms with E-state index in [2.05, 4.69) is 10.5 Å². The van der Waals surface area contributed by atoms with Gasteiger partial charge in [-0.2, -0.15) is 0 Å². The van der Waals surface area contributed by atoms with Crippen molar-refractivity contribution in [1.82, 2.24) is 5.43 Å². The van der Waals surface area contributed by atoms with Gasteiger partial charge in [0.2, 0.25) is 5.91 Å². The number of halogens is 1. The summed E-state index contributed by atoms with van der Waals surface area (Å²) in [4.78, 5) is 25.9. The Hall–Kier alpha value is -1.83. The van der Waals surface area contributed by atoms with Crippen LogP contribution in [0.1, 0.15) is 9.67 Å². The number of para-hydroxylation sites is 1. The molecule has 22 heavy (non-hydrogen) atoms. The Morgan fingerprint density at radius 1 is 1.23 bits per heavy atom. The van der Waals surface area contributed by atoms with Crippen LogP contribution in [0.5, 0.6) is 0 Å². The molecule has 0 unspecified atom stereocenters. The van der Waals surface area contributed by atoms with Gasteiger partial charge in [-0.3, -0.25) is 14.5 Å². The van der Waals surface area contributed by atoms with Crippen molar-refractivity contribution in [3.8, 4) is 0 Å². The van der Waals surface area contributed by atoms with Crippen LogP contribution in [0.25, 0.3) is 0 Å². The fraction of sp³-hybridized carbons (Fsp3) is 0.0714. The predicted molar refractivity (Wildman–Crippen MR) is 90.6 cm³/mol. The second-order valence-corrected chi connectivity index (χ2v) is 6.95. The molecule has 2 amide bonds. The monoisotopic (exact) mass is 351 g/mol. The number of benzene rings is 1. The van der Waals surface area contributed by atoms with Crippen LogP contribution in [0, 0.1) is 0 Å². The highest BCUT2D eigenvalue weighted by Crippen LogP contribution is 2.26. The average molecular weight is 352 g/mol. The molecule has 1 N–H and O–H groups in total. The highest BCUT2D eigenvalue weighted by atomic mass is 35.5. The second kappa shape index (κ2) is 6.51. The summed E-state index contributed by atoms with van der Waals surface area (Å²) < 4.78 is 0.536. The van der Waals surface area contributed by atoms with Crippen molar-refractivity contribution in [3.63, 3.8) is 0 Å². The zero-order valence-corrected chi connectivity index (χ0v) is 13.5. The number of nitrogens with zero attached hydrogens (tertiary/aromatic N) is 2. The molecule has 112 valence electrons. The SMILES string of the molecule is O=C(N/N=C1\SCC(=O)N1c1ccccc1)c1ccc(Cl)s1. The van der Waals surface area contributed by atoms with E-state index in [0.717, 1.165) is 5.69 Å². The van der Waals surface area contributed by atoms with E-state index in [1.807, 2.05) is 30.3 Å². The summed E-state index contributed by atoms with van der Waals surface area (Å²) in [5, 5.41) is 4.52. The van der Waals surface area contributed by atoms with Gasteiger partial charge in [0, 0.05) is 0 Å². The maximum Gasteiger partial charge on any atom is 0.281 e. The Labute approximate surface area is 140 Å². The first-order valence-corrected chi connectivity index (χ1v) is 8.47. The Kier molecular flexibility index (Phi) is 4.47. The van der Waals surface area contributed by atoms with Gasteiger partial charge in [-0.05, 0) is 24.3 Å². The number of carbonyl (C=O) groups is 2. The maximum absolute atomic E-state index is 12.0. The van der Waals surface area contributed by atoms with Crippen LogP contribution in [-0.4, -0.2) is 22.7 Å². The van der Waals surface area contributed by atoms with E-state index in [1.165, 1.54) is 28.0 Å². The Bertz CT molecular complexity index is 746. The van der Waals surface area contributed by atoms with Crippen molar-refractivity contribution in [3.05, 3.63) is 51.7 Å². The van der Waals surface area contributed by atoms with Crippen LogP contribution >= 0.6 is 34.7 Å². The number of anilines is 1. The van der Waals surface area contributed by atoms with Gasteiger partial charge in [-0.25, -0.2) is 5.43 Å². The third-order valence-corrected chi connectivity index (χ3v) is 4.98. The molecule has 1 aromatic heterocycles. The first-order chi connectivity index (χ1) is 10.6. The van der Waals surface area contributed by atoms with E-state index in [-0.39, 0.29) is 11.8 Å². The van der Waals surface area contributed by atoms with Gasteiger partial charge in [0.05, 0.1) is 20.7 Å². The van der Waals surface area contributed by atoms with Crippen molar-refractivity contribution < 1.29 is 9.59 Å². The lowest BCUT2D eigenvalue weighted by atomic mass is 10.3. The van der Waals surface area contributed by atoms with Gasteiger partial charge in [-0.1, -0.05) is 41.6 Å². The molecule has 0 aliphatic carbocycles. The summed E-state index contributed by atoms with van der Waals surface area (Å²) in [6, 6.07) is 12.5. The number of rotatable bonds is 3. The van der Waals surface area contributed by atoms with Crippen LogP contribution in [0.2, 0.25) is 4.34 Å². The fourth-order valence-electron chi connectivity index (χ4n) is 1.87. The summed E-state index contributed by atoms with van der Waals surface area (Å²) in [5.41, 5.74) is 3.19. The first-order valence-electron chi connectivity index (χ1n) is 6.29. The Morgan fingerprint density at radius 3 is 2.68 bits per heavy atom. The summed E-state index contributed by atoms with van der Waals surface area (Å²) in [7, 11) is 0. The number of thiophene rings is 1. The molecule has 1 aliphatic rings. The molecular formula is C14H10ClN3O2S2. The zero-order valence-electron chi connectivity index (χ0n) is 11.2. The minimum absolute atomic E-state index is 0.0663. The third kappa shape index (κ3) is 3.16. The standard InChI is InChI=1S/C14H10ClN3O2S2/c15-11-7-6-10(22-11)13(20)16-17-14-18(12(19)8-21-14)9-4-2-1-3-5-9/h1-7H,8H2,(H,16,20)/b17-14-. The van der Waals surface area contributed by atoms with Crippen molar-refractivity contribution in [1.29, 1.82) is 0 Å². The fourth-order valence-corrected chi connectivity index (χ4v) is 3.63. The number of nitrogens with one attached hydrogen (secondary N) is 1. The molecule has 2 heterocycles. The molecule has 3 rings (SSSR count). The molecule has 0 atom stereocenters. The molecule has 2 aromatic rings. The van der Waals surface area contributed by atoms with Crippen molar-refractivity contribution in [2.45, 2.75) is 0 Å². The highest BCUT2D eigenvalue weighted by molar-refractivity contribution is 8.15. The van der Waals surface area contributed by atoms with Gasteiger partial charge in [0.25, 0.3) is 5.91 Å². The van der Waals surface area contributed by atoms with Crippen molar-refractivity contribution in [2.75, 3.05) is 10.7 Å². The van der Waals surface area contributed by atoms with Crippen molar-refractivity contribution in [2.24, 2.45) is 5.10 Å². The first kappa shape index (κ1) is 15.1. The molecule has 1 fully saturated rings. The lowest BCUT2D eigenvalue weighted by Gasteiger charge is -2.15. The highest BCUT2D eigenvalue weighted by Gasteiger charge is 2.29. The molecule has 1 saturated heterocycles. The number of hydrogen-bond acceptors (Lipinski definition) is 5. The number of hydrazone groups is 1. The van der Waals surface area contributed by atoms with Gasteiger partial charge in [0.1, 0.15) is 0 Å². The minimum atomic E-state index is -0.350. The van der Waals surface area contributed by atoms with Gasteiger partial charge >= 0.3 is 0 Å². The second-order valence-electron chi connectivity index (χ2n) is 4.29. The largest absolute Gasteiger partial charge is 0.281 e. The molecule has 1 aromatic carbocycles. The lowest BCUT2D eigenvalue weighted by molar-refractivity contribution is -0.115. The molecule has 0 spiro atoms. The van der Waals surface area contributed by atoms with Crippen LogP contribution < -0.4 is 10.3 Å².